The van der Waals surface area contributed by atoms with Gasteiger partial charge in [-0.15, -0.1) is 10.1 Å². The van der Waals surface area contributed by atoms with Crippen LogP contribution in [-0.4, -0.2) is 90.4 Å². The van der Waals surface area contributed by atoms with Crippen molar-refractivity contribution >= 4 is 90.9 Å². The van der Waals surface area contributed by atoms with Crippen molar-refractivity contribution in [1.29, 1.82) is 0 Å². The van der Waals surface area contributed by atoms with E-state index in [1.807, 2.05) is 0 Å². The Morgan fingerprint density at radius 3 is 1.63 bits per heavy atom. The Morgan fingerprint density at radius 1 is 0.714 bits per heavy atom. The summed E-state index contributed by atoms with van der Waals surface area (Å²) in [5.41, 5.74) is -1.53. The van der Waals surface area contributed by atoms with Crippen molar-refractivity contribution in [1.82, 2.24) is 15.4 Å². The second-order valence-electron chi connectivity index (χ2n) is 13.0. The Kier molecular flexibility index (Phi) is 14.8. The number of rotatable bonds is 19. The number of nitrogens with one attached hydrogen (secondary N) is 1. The van der Waals surface area contributed by atoms with Crippen LogP contribution in [0, 0.1) is 5.41 Å². The molecular formula is C31H41Br2N3O13. The third kappa shape index (κ3) is 12.7. The second-order valence-corrected chi connectivity index (χ2v) is 16.9. The number of carbonyl (C=O) groups excluding carboxylic acids is 10. The van der Waals surface area contributed by atoms with Crippen molar-refractivity contribution in [3.8, 4) is 0 Å². The fourth-order valence-electron chi connectivity index (χ4n) is 4.43. The molecule has 16 nitrogen and oxygen atoms in total. The molecule has 5 amide bonds. The third-order valence-corrected chi connectivity index (χ3v) is 8.42. The molecule has 0 saturated carbocycles. The molecular weight excluding hydrogens is 782 g/mol. The molecule has 2 rings (SSSR count). The Hall–Kier alpha value is -3.54. The van der Waals surface area contributed by atoms with Gasteiger partial charge in [-0.2, -0.15) is 0 Å². The standard InChI is InChI=1S/C31H41Br2N3O13/c1-29(2,32)20(38)15-16-31(5,17-47-28(46)30(3,4)33)27(45)34-18(9-14-26(44)49-36-23(41)12-13-24(36)42)19(37)7-6-8-25(43)48-35-21(39)10-11-22(35)40/h18H,6-17H2,1-5H3,(H,34,45). The van der Waals surface area contributed by atoms with Crippen molar-refractivity contribution in [2.45, 2.75) is 120 Å². The number of imide groups is 2. The highest BCUT2D eigenvalue weighted by Gasteiger charge is 2.40. The number of halogens is 2. The SMILES string of the molecule is CC(C)(Br)C(=O)CCC(C)(COC(=O)C(C)(C)Br)C(=O)NC(CCC(=O)ON1C(=O)CCC1=O)C(=O)CCCC(=O)ON1C(=O)CCC1=O. The van der Waals surface area contributed by atoms with E-state index in [-0.39, 0.29) is 70.0 Å². The Bertz CT molecular complexity index is 1320. The molecule has 2 unspecified atom stereocenters. The van der Waals surface area contributed by atoms with Gasteiger partial charge in [0, 0.05) is 44.9 Å². The van der Waals surface area contributed by atoms with Gasteiger partial charge in [-0.1, -0.05) is 31.9 Å². The molecule has 0 bridgehead atoms. The maximum atomic E-state index is 13.8. The minimum atomic E-state index is -1.53. The van der Waals surface area contributed by atoms with E-state index in [0.29, 0.717) is 10.1 Å². The highest BCUT2D eigenvalue weighted by atomic mass is 79.9. The summed E-state index contributed by atoms with van der Waals surface area (Å²) in [5, 5.41) is 3.29. The first-order chi connectivity index (χ1) is 22.5. The lowest BCUT2D eigenvalue weighted by molar-refractivity contribution is -0.197. The van der Waals surface area contributed by atoms with Crippen molar-refractivity contribution in [3.63, 3.8) is 0 Å². The topological polar surface area (TPSA) is 217 Å². The van der Waals surface area contributed by atoms with Crippen LogP contribution in [0.25, 0.3) is 0 Å². The predicted molar refractivity (Wildman–Crippen MR) is 174 cm³/mol. The lowest BCUT2D eigenvalue weighted by Crippen LogP contribution is -2.50. The monoisotopic (exact) mass is 821 g/mol. The number of ketones is 2. The molecule has 272 valence electrons. The maximum Gasteiger partial charge on any atom is 0.333 e. The largest absolute Gasteiger partial charge is 0.464 e. The first kappa shape index (κ1) is 41.6. The summed E-state index contributed by atoms with van der Waals surface area (Å²) in [6, 6.07) is -1.37. The molecule has 2 fully saturated rings. The number of nitrogens with zero attached hydrogens (tertiary/aromatic N) is 2. The summed E-state index contributed by atoms with van der Waals surface area (Å²) in [4.78, 5) is 134. The molecule has 0 aromatic rings. The van der Waals surface area contributed by atoms with Crippen LogP contribution in [0.15, 0.2) is 0 Å². The Morgan fingerprint density at radius 2 is 1.18 bits per heavy atom. The number of hydroxylamine groups is 4. The lowest BCUT2D eigenvalue weighted by Gasteiger charge is -2.31. The van der Waals surface area contributed by atoms with E-state index in [1.54, 1.807) is 13.8 Å². The molecule has 2 heterocycles. The smallest absolute Gasteiger partial charge is 0.333 e. The van der Waals surface area contributed by atoms with Gasteiger partial charge >= 0.3 is 17.9 Å². The van der Waals surface area contributed by atoms with E-state index >= 15 is 0 Å². The van der Waals surface area contributed by atoms with E-state index in [2.05, 4.69) is 37.2 Å². The van der Waals surface area contributed by atoms with Gasteiger partial charge in [-0.05, 0) is 53.9 Å². The van der Waals surface area contributed by atoms with E-state index in [4.69, 9.17) is 14.4 Å². The minimum Gasteiger partial charge on any atom is -0.464 e. The van der Waals surface area contributed by atoms with Gasteiger partial charge in [0.05, 0.1) is 22.2 Å². The third-order valence-electron chi connectivity index (χ3n) is 7.66. The van der Waals surface area contributed by atoms with Crippen molar-refractivity contribution in [3.05, 3.63) is 0 Å². The molecule has 0 aromatic heterocycles. The van der Waals surface area contributed by atoms with E-state index in [9.17, 15) is 47.9 Å². The van der Waals surface area contributed by atoms with Crippen LogP contribution in [-0.2, 0) is 62.4 Å². The van der Waals surface area contributed by atoms with Crippen LogP contribution in [0.3, 0.4) is 0 Å². The summed E-state index contributed by atoms with van der Waals surface area (Å²) in [6.07, 6.45) is -2.32. The van der Waals surface area contributed by atoms with Gasteiger partial charge < -0.3 is 19.7 Å². The molecule has 0 spiro atoms. The number of hydrogen-bond donors (Lipinski definition) is 1. The summed E-state index contributed by atoms with van der Waals surface area (Å²) in [7, 11) is 0. The summed E-state index contributed by atoms with van der Waals surface area (Å²) in [6.45, 7) is 7.32. The van der Waals surface area contributed by atoms with Gasteiger partial charge in [-0.25, -0.2) is 9.59 Å². The lowest BCUT2D eigenvalue weighted by atomic mass is 9.82. The quantitative estimate of drug-likeness (QED) is 0.113. The number of esters is 1. The maximum absolute atomic E-state index is 13.8. The van der Waals surface area contributed by atoms with Gasteiger partial charge in [-0.3, -0.25) is 38.4 Å². The van der Waals surface area contributed by atoms with E-state index in [1.165, 1.54) is 20.8 Å². The molecule has 1 N–H and O–H groups in total. The van der Waals surface area contributed by atoms with Crippen LogP contribution in [0.1, 0.15) is 105 Å². The zero-order valence-corrected chi connectivity index (χ0v) is 31.2. The molecule has 0 radical (unpaired) electrons. The van der Waals surface area contributed by atoms with Crippen molar-refractivity contribution in [2.24, 2.45) is 5.41 Å². The molecule has 2 aliphatic rings. The zero-order valence-electron chi connectivity index (χ0n) is 28.0. The van der Waals surface area contributed by atoms with Crippen LogP contribution < -0.4 is 5.32 Å². The van der Waals surface area contributed by atoms with Crippen molar-refractivity contribution in [2.75, 3.05) is 6.61 Å². The van der Waals surface area contributed by atoms with Gasteiger partial charge in [0.1, 0.15) is 16.7 Å². The zero-order chi connectivity index (χ0) is 37.3. The number of carbonyl (C=O) groups is 10. The van der Waals surface area contributed by atoms with E-state index in [0.717, 1.165) is 0 Å². The Labute approximate surface area is 299 Å². The minimum absolute atomic E-state index is 0.0927. The van der Waals surface area contributed by atoms with Crippen molar-refractivity contribution < 1.29 is 62.4 Å². The fraction of sp³-hybridized carbons (Fsp3) is 0.677. The fourth-order valence-corrected chi connectivity index (χ4v) is 4.75. The summed E-state index contributed by atoms with van der Waals surface area (Å²) < 4.78 is 3.40. The molecule has 2 atom stereocenters. The first-order valence-electron chi connectivity index (χ1n) is 15.6. The number of amides is 5. The molecule has 18 heteroatoms. The highest BCUT2D eigenvalue weighted by Crippen LogP contribution is 2.30. The summed E-state index contributed by atoms with van der Waals surface area (Å²) in [5.74, 6) is -7.07. The second kappa shape index (κ2) is 17.4. The van der Waals surface area contributed by atoms with Gasteiger partial charge in [0.15, 0.2) is 5.78 Å². The number of alkyl halides is 2. The summed E-state index contributed by atoms with van der Waals surface area (Å²) >= 11 is 6.48. The number of ether oxygens (including phenoxy) is 1. The van der Waals surface area contributed by atoms with Crippen LogP contribution in [0.4, 0.5) is 0 Å². The van der Waals surface area contributed by atoms with Crippen LogP contribution in [0.5, 0.6) is 0 Å². The number of hydrogen-bond acceptors (Lipinski definition) is 13. The van der Waals surface area contributed by atoms with E-state index < -0.39 is 86.4 Å². The average Bonchev–Trinajstić information content (AvgIpc) is 3.49. The van der Waals surface area contributed by atoms with Crippen LogP contribution in [0.2, 0.25) is 0 Å². The predicted octanol–water partition coefficient (Wildman–Crippen LogP) is 2.45. The molecule has 49 heavy (non-hydrogen) atoms. The number of Topliss-reactive ketones (excluding diaryl/α,β-unsaturated/α-hetero) is 2. The molecule has 2 saturated heterocycles. The Balaban J connectivity index is 2.20. The molecule has 0 aromatic carbocycles. The average molecular weight is 823 g/mol. The van der Waals surface area contributed by atoms with Crippen LogP contribution >= 0.6 is 31.9 Å². The first-order valence-corrected chi connectivity index (χ1v) is 17.2. The molecule has 0 aliphatic carbocycles. The van der Waals surface area contributed by atoms with Gasteiger partial charge in [0.2, 0.25) is 5.91 Å². The molecule has 2 aliphatic heterocycles. The normalized spacial score (nSPS) is 17.0. The highest BCUT2D eigenvalue weighted by molar-refractivity contribution is 9.10. The van der Waals surface area contributed by atoms with Gasteiger partial charge in [0.25, 0.3) is 23.6 Å².